The van der Waals surface area contributed by atoms with Gasteiger partial charge in [0.2, 0.25) is 0 Å². The van der Waals surface area contributed by atoms with Gasteiger partial charge in [0.05, 0.1) is 4.92 Å². The summed E-state index contributed by atoms with van der Waals surface area (Å²) in [7, 11) is 0. The molecule has 0 spiro atoms. The van der Waals surface area contributed by atoms with E-state index in [0.717, 1.165) is 4.90 Å². The van der Waals surface area contributed by atoms with Crippen molar-refractivity contribution in [2.75, 3.05) is 16.9 Å². The number of benzene rings is 1. The van der Waals surface area contributed by atoms with E-state index in [1.165, 1.54) is 18.2 Å². The number of hydrogen-bond acceptors (Lipinski definition) is 5. The minimum Gasteiger partial charge on any atom is -0.354 e. The van der Waals surface area contributed by atoms with Crippen LogP contribution in [-0.2, 0) is 0 Å². The summed E-state index contributed by atoms with van der Waals surface area (Å²) in [5.41, 5.74) is 1.63. The number of rotatable bonds is 5. The molecular weight excluding hydrogens is 277 g/mol. The van der Waals surface area contributed by atoms with Crippen LogP contribution in [0.5, 0.6) is 0 Å². The first kappa shape index (κ1) is 14.4. The Morgan fingerprint density at radius 1 is 1.45 bits per heavy atom. The number of nitrogens with zero attached hydrogens (tertiary/aromatic N) is 2. The van der Waals surface area contributed by atoms with Crippen molar-refractivity contribution in [2.45, 2.75) is 25.1 Å². The fraction of sp³-hybridized carbons (Fsp3) is 0.455. The third kappa shape index (κ3) is 3.10. The number of anilines is 2. The van der Waals surface area contributed by atoms with Gasteiger partial charge in [0.1, 0.15) is 17.9 Å². The molecule has 1 fully saturated rings. The summed E-state index contributed by atoms with van der Waals surface area (Å²) in [6, 6.07) is 3.77. The number of hydrazine groups is 1. The Morgan fingerprint density at radius 3 is 2.55 bits per heavy atom. The molecule has 0 aliphatic heterocycles. The molecule has 0 saturated heterocycles. The summed E-state index contributed by atoms with van der Waals surface area (Å²) in [4.78, 5) is 11.4. The highest BCUT2D eigenvalue weighted by atomic mass is 19.4. The van der Waals surface area contributed by atoms with E-state index in [4.69, 9.17) is 5.84 Å². The van der Waals surface area contributed by atoms with Crippen molar-refractivity contribution in [1.82, 2.24) is 0 Å². The lowest BCUT2D eigenvalue weighted by atomic mass is 10.2. The van der Waals surface area contributed by atoms with Crippen LogP contribution in [0.25, 0.3) is 0 Å². The molecule has 1 saturated carbocycles. The predicted octanol–water partition coefficient (Wildman–Crippen LogP) is 2.41. The molecule has 1 aliphatic rings. The normalized spacial score (nSPS) is 15.0. The summed E-state index contributed by atoms with van der Waals surface area (Å²) in [6.45, 7) is -1.22. The first-order chi connectivity index (χ1) is 9.33. The highest BCUT2D eigenvalue weighted by Gasteiger charge is 2.41. The van der Waals surface area contributed by atoms with E-state index >= 15 is 0 Å². The van der Waals surface area contributed by atoms with Gasteiger partial charge in [-0.2, -0.15) is 13.2 Å². The van der Waals surface area contributed by atoms with Gasteiger partial charge in [-0.05, 0) is 25.0 Å². The monoisotopic (exact) mass is 290 g/mol. The van der Waals surface area contributed by atoms with Gasteiger partial charge >= 0.3 is 11.9 Å². The van der Waals surface area contributed by atoms with Gasteiger partial charge in [0.25, 0.3) is 0 Å². The number of nitrogens with two attached hydrogens (primary N) is 1. The molecule has 0 unspecified atom stereocenters. The lowest BCUT2D eigenvalue weighted by molar-refractivity contribution is -0.383. The SMILES string of the molecule is NNc1cccc(N(CC(F)(F)F)C2CC2)c1[N+](=O)[O-]. The van der Waals surface area contributed by atoms with Crippen LogP contribution in [0, 0.1) is 10.1 Å². The van der Waals surface area contributed by atoms with Crippen molar-refractivity contribution < 1.29 is 18.1 Å². The van der Waals surface area contributed by atoms with Crippen LogP contribution in [0.3, 0.4) is 0 Å². The number of para-hydroxylation sites is 1. The molecule has 20 heavy (non-hydrogen) atoms. The molecule has 0 radical (unpaired) electrons. The molecule has 110 valence electrons. The number of nitro groups is 1. The van der Waals surface area contributed by atoms with Gasteiger partial charge in [0, 0.05) is 6.04 Å². The highest BCUT2D eigenvalue weighted by Crippen LogP contribution is 2.41. The fourth-order valence-corrected chi connectivity index (χ4v) is 2.06. The van der Waals surface area contributed by atoms with Crippen LogP contribution in [0.1, 0.15) is 12.8 Å². The van der Waals surface area contributed by atoms with E-state index in [0.29, 0.717) is 12.8 Å². The van der Waals surface area contributed by atoms with Crippen molar-refractivity contribution >= 4 is 17.1 Å². The van der Waals surface area contributed by atoms with Crippen LogP contribution < -0.4 is 16.2 Å². The maximum absolute atomic E-state index is 12.6. The number of halogens is 3. The molecule has 0 amide bonds. The molecule has 1 aliphatic carbocycles. The summed E-state index contributed by atoms with van der Waals surface area (Å²) < 4.78 is 37.9. The fourth-order valence-electron chi connectivity index (χ4n) is 2.06. The topological polar surface area (TPSA) is 84.4 Å². The van der Waals surface area contributed by atoms with Gasteiger partial charge in [0.15, 0.2) is 0 Å². The molecule has 6 nitrogen and oxygen atoms in total. The van der Waals surface area contributed by atoms with Gasteiger partial charge < -0.3 is 10.3 Å². The number of nitrogen functional groups attached to an aromatic ring is 1. The Hall–Kier alpha value is -2.03. The standard InChI is InChI=1S/C11H13F3N4O2/c12-11(13,14)6-17(7-4-5-7)9-3-1-2-8(16-15)10(9)18(19)20/h1-3,7,16H,4-6,15H2. The third-order valence-electron chi connectivity index (χ3n) is 3.00. The zero-order valence-corrected chi connectivity index (χ0v) is 10.4. The Balaban J connectivity index is 2.45. The van der Waals surface area contributed by atoms with Crippen molar-refractivity contribution in [1.29, 1.82) is 0 Å². The second-order valence-electron chi connectivity index (χ2n) is 4.55. The maximum Gasteiger partial charge on any atom is 0.405 e. The molecule has 0 aromatic heterocycles. The second-order valence-corrected chi connectivity index (χ2v) is 4.55. The summed E-state index contributed by atoms with van der Waals surface area (Å²) in [6.07, 6.45) is -3.25. The van der Waals surface area contributed by atoms with Crippen LogP contribution in [0.2, 0.25) is 0 Å². The van der Waals surface area contributed by atoms with Crippen molar-refractivity contribution in [2.24, 2.45) is 5.84 Å². The zero-order valence-electron chi connectivity index (χ0n) is 10.4. The van der Waals surface area contributed by atoms with E-state index in [-0.39, 0.29) is 17.4 Å². The lowest BCUT2D eigenvalue weighted by Crippen LogP contribution is -2.36. The van der Waals surface area contributed by atoms with E-state index in [2.05, 4.69) is 5.43 Å². The van der Waals surface area contributed by atoms with E-state index in [9.17, 15) is 23.3 Å². The summed E-state index contributed by atoms with van der Waals surface area (Å²) in [5, 5.41) is 11.1. The number of nitro benzene ring substituents is 1. The van der Waals surface area contributed by atoms with Crippen LogP contribution >= 0.6 is 0 Å². The predicted molar refractivity (Wildman–Crippen MR) is 67.3 cm³/mol. The summed E-state index contributed by atoms with van der Waals surface area (Å²) >= 11 is 0. The quantitative estimate of drug-likeness (QED) is 0.494. The molecule has 9 heteroatoms. The minimum absolute atomic E-state index is 0.0136. The van der Waals surface area contributed by atoms with Crippen molar-refractivity contribution in [3.8, 4) is 0 Å². The van der Waals surface area contributed by atoms with Gasteiger partial charge in [-0.25, -0.2) is 0 Å². The molecular formula is C11H13F3N4O2. The second kappa shape index (κ2) is 5.16. The Kier molecular flexibility index (Phi) is 3.71. The van der Waals surface area contributed by atoms with Crippen LogP contribution in [-0.4, -0.2) is 23.7 Å². The minimum atomic E-state index is -4.43. The Labute approximate surface area is 112 Å². The van der Waals surface area contributed by atoms with Crippen molar-refractivity contribution in [3.63, 3.8) is 0 Å². The summed E-state index contributed by atoms with van der Waals surface area (Å²) in [5.74, 6) is 5.18. The van der Waals surface area contributed by atoms with Gasteiger partial charge in [-0.15, -0.1) is 0 Å². The molecule has 1 aromatic rings. The molecule has 0 heterocycles. The van der Waals surface area contributed by atoms with E-state index < -0.39 is 23.3 Å². The van der Waals surface area contributed by atoms with Gasteiger partial charge in [-0.1, -0.05) is 6.07 Å². The van der Waals surface area contributed by atoms with Crippen LogP contribution in [0.4, 0.5) is 30.2 Å². The molecule has 3 N–H and O–H groups in total. The van der Waals surface area contributed by atoms with Gasteiger partial charge in [-0.3, -0.25) is 16.0 Å². The smallest absolute Gasteiger partial charge is 0.354 e. The molecule has 0 atom stereocenters. The molecule has 2 rings (SSSR count). The average Bonchev–Trinajstić information content (AvgIpc) is 3.18. The Morgan fingerprint density at radius 2 is 2.10 bits per heavy atom. The first-order valence-electron chi connectivity index (χ1n) is 5.91. The maximum atomic E-state index is 12.6. The van der Waals surface area contributed by atoms with E-state index in [1.54, 1.807) is 0 Å². The van der Waals surface area contributed by atoms with Crippen molar-refractivity contribution in [3.05, 3.63) is 28.3 Å². The lowest BCUT2D eigenvalue weighted by Gasteiger charge is -2.26. The third-order valence-corrected chi connectivity index (χ3v) is 3.00. The average molecular weight is 290 g/mol. The highest BCUT2D eigenvalue weighted by molar-refractivity contribution is 5.77. The zero-order chi connectivity index (χ0) is 14.9. The number of nitrogens with one attached hydrogen (secondary N) is 1. The number of alkyl halides is 3. The van der Waals surface area contributed by atoms with Crippen LogP contribution in [0.15, 0.2) is 18.2 Å². The molecule has 0 bridgehead atoms. The largest absolute Gasteiger partial charge is 0.405 e. The number of hydrogen-bond donors (Lipinski definition) is 2. The Bertz CT molecular complexity index is 517. The first-order valence-corrected chi connectivity index (χ1v) is 5.91. The molecule has 1 aromatic carbocycles. The van der Waals surface area contributed by atoms with E-state index in [1.807, 2.05) is 0 Å².